The van der Waals surface area contributed by atoms with Gasteiger partial charge in [-0.2, -0.15) is 0 Å². The van der Waals surface area contributed by atoms with Gasteiger partial charge in [-0.05, 0) is 120 Å². The van der Waals surface area contributed by atoms with Gasteiger partial charge >= 0.3 is 0 Å². The Morgan fingerprint density at radius 1 is 0.442 bits per heavy atom. The van der Waals surface area contributed by atoms with E-state index < -0.39 is 31.4 Å². The average Bonchev–Trinajstić information content (AvgIpc) is 0.955. The molecular weight excluding hydrogens is 937 g/mol. The first-order chi connectivity index (χ1) is 40.8. The second-order valence-corrected chi connectivity index (χ2v) is 22.6. The van der Waals surface area contributed by atoms with E-state index in [1.807, 2.05) is 81.6 Å². The Morgan fingerprint density at radius 3 is 1.79 bits per heavy atom. The topological polar surface area (TPSA) is 35.2 Å². The normalized spacial score (nSPS) is 15.1. The van der Waals surface area contributed by atoms with E-state index >= 15 is 0 Å². The average molecular weight is 1010 g/mol. The van der Waals surface area contributed by atoms with Gasteiger partial charge in [0, 0.05) is 63.5 Å². The summed E-state index contributed by atoms with van der Waals surface area (Å²) in [6, 6.07) is 69.4. The third kappa shape index (κ3) is 8.28. The van der Waals surface area contributed by atoms with Gasteiger partial charge in [0.25, 0.3) is 0 Å². The number of ether oxygens (including phenoxy) is 1. The first-order valence-corrected chi connectivity index (χ1v) is 26.4. The predicted molar refractivity (Wildman–Crippen MR) is 326 cm³/mol. The minimum atomic E-state index is -3.49. The van der Waals surface area contributed by atoms with Gasteiger partial charge < -0.3 is 14.2 Å². The van der Waals surface area contributed by atoms with Crippen molar-refractivity contribution in [3.05, 3.63) is 229 Å². The van der Waals surface area contributed by atoms with Crippen molar-refractivity contribution in [2.24, 2.45) is 0 Å². The minimum absolute atomic E-state index is 0.0864. The van der Waals surface area contributed by atoms with Crippen LogP contribution in [0.3, 0.4) is 0 Å². The molecule has 0 atom stereocenters. The largest absolute Gasteiger partial charge is 0.457 e. The number of pyridine rings is 1. The first-order valence-electron chi connectivity index (χ1n) is 30.9. The number of hydrogen-bond acceptors (Lipinski definition) is 3. The Bertz CT molecular complexity index is 4730. The Hall–Kier alpha value is -8.67. The molecule has 378 valence electrons. The molecule has 0 saturated carbocycles. The summed E-state index contributed by atoms with van der Waals surface area (Å²) in [5.74, 6) is 2.09. The zero-order chi connectivity index (χ0) is 60.5. The molecule has 13 rings (SSSR count). The van der Waals surface area contributed by atoms with E-state index in [1.54, 1.807) is 0 Å². The van der Waals surface area contributed by atoms with Gasteiger partial charge in [0.1, 0.15) is 24.0 Å². The van der Waals surface area contributed by atoms with Gasteiger partial charge in [0.05, 0.1) is 27.8 Å². The summed E-state index contributed by atoms with van der Waals surface area (Å²) in [5.41, 5.74) is 5.85. The maximum absolute atomic E-state index is 8.92. The van der Waals surface area contributed by atoms with E-state index in [0.717, 1.165) is 93.5 Å². The fourth-order valence-corrected chi connectivity index (χ4v) is 11.6. The van der Waals surface area contributed by atoms with Crippen LogP contribution in [0.15, 0.2) is 212 Å². The maximum Gasteiger partial charge on any atom is 0.137 e. The molecule has 0 spiro atoms. The second-order valence-electron chi connectivity index (χ2n) is 22.6. The van der Waals surface area contributed by atoms with Crippen molar-refractivity contribution in [2.45, 2.75) is 85.0 Å². The summed E-state index contributed by atoms with van der Waals surface area (Å²) >= 11 is 0. The van der Waals surface area contributed by atoms with Crippen LogP contribution in [0, 0.1) is 0 Å². The van der Waals surface area contributed by atoms with E-state index in [-0.39, 0.29) is 17.6 Å². The van der Waals surface area contributed by atoms with E-state index in [1.165, 1.54) is 17.7 Å². The fraction of sp³-hybridized carbons (Fsp3) is 0.181. The van der Waals surface area contributed by atoms with Gasteiger partial charge in [0.15, 0.2) is 0 Å². The van der Waals surface area contributed by atoms with Crippen molar-refractivity contribution in [3.63, 3.8) is 0 Å². The zero-order valence-corrected chi connectivity index (χ0v) is 44.1. The Labute approximate surface area is 464 Å². The van der Waals surface area contributed by atoms with Gasteiger partial charge in [-0.1, -0.05) is 208 Å². The van der Waals surface area contributed by atoms with Crippen LogP contribution in [0.2, 0.25) is 0 Å². The van der Waals surface area contributed by atoms with Crippen molar-refractivity contribution in [2.75, 3.05) is 4.90 Å². The molecule has 3 aromatic heterocycles. The second kappa shape index (κ2) is 18.0. The Morgan fingerprint density at radius 2 is 1.05 bits per heavy atom. The lowest BCUT2D eigenvalue weighted by Crippen LogP contribution is -2.17. The number of hydrogen-bond donors (Lipinski definition) is 0. The van der Waals surface area contributed by atoms with Crippen LogP contribution in [-0.2, 0) is 22.9 Å². The van der Waals surface area contributed by atoms with Crippen LogP contribution in [-0.4, -0.2) is 14.1 Å². The van der Waals surface area contributed by atoms with Gasteiger partial charge in [0.2, 0.25) is 0 Å². The monoisotopic (exact) mass is 1010 g/mol. The van der Waals surface area contributed by atoms with Crippen molar-refractivity contribution in [1.82, 2.24) is 14.1 Å². The molecule has 5 heteroatoms. The lowest BCUT2D eigenvalue weighted by molar-refractivity contribution is 0.483. The zero-order valence-electron chi connectivity index (χ0n) is 53.1. The first kappa shape index (κ1) is 38.8. The molecule has 9 aromatic carbocycles. The summed E-state index contributed by atoms with van der Waals surface area (Å²) in [6.07, 6.45) is 1.88. The van der Waals surface area contributed by atoms with E-state index in [4.69, 9.17) is 22.1 Å². The Kier molecular flexibility index (Phi) is 9.07. The van der Waals surface area contributed by atoms with Crippen molar-refractivity contribution < 1.29 is 17.1 Å². The highest BCUT2D eigenvalue weighted by Gasteiger charge is 2.28. The predicted octanol–water partition coefficient (Wildman–Crippen LogP) is 19.8. The molecule has 1 aliphatic rings. The Balaban J connectivity index is 1.08. The van der Waals surface area contributed by atoms with E-state index in [2.05, 4.69) is 174 Å². The van der Waals surface area contributed by atoms with Crippen molar-refractivity contribution >= 4 is 76.5 Å². The molecule has 0 fully saturated rings. The fourth-order valence-electron chi connectivity index (χ4n) is 11.6. The maximum atomic E-state index is 8.92. The molecule has 77 heavy (non-hydrogen) atoms. The number of para-hydroxylation sites is 2. The summed E-state index contributed by atoms with van der Waals surface area (Å²) in [5, 5.41) is 7.99. The molecule has 0 N–H and O–H groups in total. The highest BCUT2D eigenvalue weighted by Crippen LogP contribution is 2.48. The van der Waals surface area contributed by atoms with Crippen LogP contribution in [0.4, 0.5) is 11.4 Å². The summed E-state index contributed by atoms with van der Waals surface area (Å²) < 4.78 is 91.8. The van der Waals surface area contributed by atoms with E-state index in [9.17, 15) is 0 Å². The number of benzene rings is 9. The SMILES string of the molecule is [2H]C([2H])([2H])C(c1cc(-c2ccc(-c3ccccc3)c3c4ccccc4c4ccccc4c4cccc5c4n(c23)CN5c2cccc(Oc3ccc4c5ccccc5n(-c5cc(C(C)(C)C)ccn5)c4c3)c2)cc(C(C)(C)C)c1)(C([2H])([2H])[2H])C([2H])([2H])[2H]. The lowest BCUT2D eigenvalue weighted by atomic mass is 9.78. The van der Waals surface area contributed by atoms with Crippen LogP contribution < -0.4 is 9.64 Å². The quantitative estimate of drug-likeness (QED) is 0.166. The standard InChI is InChI=1S/C72H64N4O/c1-70(2,3)48-37-38-73-66(42-48)76-63-31-18-17-28-59(63)60-34-33-53(44-65(60)76)77-52-24-19-23-51(43-52)74-45-75-68-62(30-20-32-64(68)74)58-27-14-13-25-56(58)57-26-15-16-29-61(57)67-54(46-21-11-10-12-22-46)35-36-55(69(67)75)47-39-49(71(4,5)6)41-50(40-47)72(7,8)9/h10-44H,45H2,1-9H3/i4D3,5D3,6D3. The summed E-state index contributed by atoms with van der Waals surface area (Å²) in [6.45, 7) is 2.30. The summed E-state index contributed by atoms with van der Waals surface area (Å²) in [4.78, 5) is 7.19. The molecule has 0 unspecified atom stereocenters. The molecule has 0 saturated heterocycles. The molecule has 1 aliphatic heterocycles. The molecule has 0 amide bonds. The molecule has 0 radical (unpaired) electrons. The third-order valence-corrected chi connectivity index (χ3v) is 15.5. The number of aromatic nitrogens is 3. The number of fused-ring (bicyclic) bond motifs is 10. The van der Waals surface area contributed by atoms with Crippen LogP contribution in [0.5, 0.6) is 11.5 Å². The molecule has 5 nitrogen and oxygen atoms in total. The van der Waals surface area contributed by atoms with Crippen molar-refractivity contribution in [3.8, 4) is 39.6 Å². The number of anilines is 2. The minimum Gasteiger partial charge on any atom is -0.457 e. The number of rotatable bonds is 6. The van der Waals surface area contributed by atoms with E-state index in [0.29, 0.717) is 28.2 Å². The van der Waals surface area contributed by atoms with Crippen LogP contribution in [0.25, 0.3) is 93.2 Å². The van der Waals surface area contributed by atoms with Crippen LogP contribution in [0.1, 0.15) is 91.1 Å². The molecule has 4 heterocycles. The highest BCUT2D eigenvalue weighted by molar-refractivity contribution is 6.24. The van der Waals surface area contributed by atoms with Gasteiger partial charge in [-0.15, -0.1) is 0 Å². The summed E-state index contributed by atoms with van der Waals surface area (Å²) in [7, 11) is 0. The lowest BCUT2D eigenvalue weighted by Gasteiger charge is -2.27. The molecule has 0 aliphatic carbocycles. The smallest absolute Gasteiger partial charge is 0.137 e. The molecule has 0 bridgehead atoms. The third-order valence-electron chi connectivity index (χ3n) is 15.5. The van der Waals surface area contributed by atoms with Gasteiger partial charge in [-0.3, -0.25) is 4.57 Å². The van der Waals surface area contributed by atoms with Crippen molar-refractivity contribution in [1.29, 1.82) is 0 Å². The highest BCUT2D eigenvalue weighted by atomic mass is 16.5. The van der Waals surface area contributed by atoms with Crippen LogP contribution >= 0.6 is 0 Å². The molecular formula is C72H64N4O. The molecule has 12 aromatic rings. The number of nitrogens with zero attached hydrogens (tertiary/aromatic N) is 4. The van der Waals surface area contributed by atoms with Gasteiger partial charge in [-0.25, -0.2) is 4.98 Å².